The minimum absolute atomic E-state index is 0.0657. The van der Waals surface area contributed by atoms with Crippen LogP contribution in [0.3, 0.4) is 0 Å². The maximum atomic E-state index is 13.3. The fourth-order valence-electron chi connectivity index (χ4n) is 3.19. The van der Waals surface area contributed by atoms with Gasteiger partial charge in [0.15, 0.2) is 0 Å². The average molecular weight is 239 g/mol. The molecule has 1 fully saturated rings. The summed E-state index contributed by atoms with van der Waals surface area (Å²) in [5.41, 5.74) is 0.676. The van der Waals surface area contributed by atoms with Crippen molar-refractivity contribution in [2.24, 2.45) is 11.3 Å². The van der Waals surface area contributed by atoms with E-state index in [2.05, 4.69) is 26.1 Å². The maximum absolute atomic E-state index is 13.3. The molecule has 2 atom stereocenters. The van der Waals surface area contributed by atoms with Crippen LogP contribution in [0.4, 0.5) is 8.78 Å². The van der Waals surface area contributed by atoms with Crippen LogP contribution in [0.15, 0.2) is 18.2 Å². The first-order valence-corrected chi connectivity index (χ1v) is 5.95. The molecule has 17 heavy (non-hydrogen) atoms. The van der Waals surface area contributed by atoms with Crippen LogP contribution in [-0.4, -0.2) is 13.6 Å². The third-order valence-electron chi connectivity index (χ3n) is 4.69. The van der Waals surface area contributed by atoms with Gasteiger partial charge in [-0.2, -0.15) is 0 Å². The van der Waals surface area contributed by atoms with E-state index in [0.29, 0.717) is 5.92 Å². The molecule has 1 aromatic carbocycles. The van der Waals surface area contributed by atoms with Crippen LogP contribution >= 0.6 is 0 Å². The van der Waals surface area contributed by atoms with Gasteiger partial charge in [0, 0.05) is 11.5 Å². The molecule has 0 spiro atoms. The van der Waals surface area contributed by atoms with E-state index in [1.165, 1.54) is 12.1 Å². The summed E-state index contributed by atoms with van der Waals surface area (Å²) in [5.74, 6) is -0.583. The van der Waals surface area contributed by atoms with Crippen molar-refractivity contribution >= 4 is 0 Å². The van der Waals surface area contributed by atoms with Crippen LogP contribution in [0.1, 0.15) is 26.3 Å². The fraction of sp³-hybridized carbons (Fsp3) is 0.571. The summed E-state index contributed by atoms with van der Waals surface area (Å²) < 4.78 is 26.6. The molecule has 3 heteroatoms. The van der Waals surface area contributed by atoms with E-state index in [-0.39, 0.29) is 10.8 Å². The van der Waals surface area contributed by atoms with Gasteiger partial charge >= 0.3 is 0 Å². The minimum atomic E-state index is -0.493. The molecule has 1 aliphatic carbocycles. The molecule has 1 N–H and O–H groups in total. The lowest BCUT2D eigenvalue weighted by atomic mass is 9.89. The van der Waals surface area contributed by atoms with Crippen LogP contribution in [0.5, 0.6) is 0 Å². The van der Waals surface area contributed by atoms with Gasteiger partial charge in [0.05, 0.1) is 0 Å². The normalized spacial score (nSPS) is 30.4. The van der Waals surface area contributed by atoms with Crippen molar-refractivity contribution in [3.05, 3.63) is 35.4 Å². The molecule has 2 rings (SSSR count). The Morgan fingerprint density at radius 1 is 1.12 bits per heavy atom. The van der Waals surface area contributed by atoms with E-state index in [0.717, 1.165) is 18.2 Å². The van der Waals surface area contributed by atoms with E-state index >= 15 is 0 Å². The third-order valence-corrected chi connectivity index (χ3v) is 4.69. The summed E-state index contributed by atoms with van der Waals surface area (Å²) in [7, 11) is 1.90. The molecular weight excluding hydrogens is 220 g/mol. The Morgan fingerprint density at radius 3 is 2.12 bits per heavy atom. The highest BCUT2D eigenvalue weighted by Gasteiger charge is 2.67. The molecular formula is C14H19F2N. The van der Waals surface area contributed by atoms with E-state index in [9.17, 15) is 8.78 Å². The zero-order valence-corrected chi connectivity index (χ0v) is 10.8. The van der Waals surface area contributed by atoms with Gasteiger partial charge in [0.2, 0.25) is 0 Å². The van der Waals surface area contributed by atoms with Gasteiger partial charge in [0.25, 0.3) is 0 Å². The molecule has 0 saturated heterocycles. The first kappa shape index (κ1) is 12.5. The zero-order valence-electron chi connectivity index (χ0n) is 10.8. The van der Waals surface area contributed by atoms with Crippen molar-refractivity contribution in [1.29, 1.82) is 0 Å². The fourth-order valence-corrected chi connectivity index (χ4v) is 3.19. The second-order valence-corrected chi connectivity index (χ2v) is 5.69. The van der Waals surface area contributed by atoms with Crippen LogP contribution in [0.2, 0.25) is 0 Å². The summed E-state index contributed by atoms with van der Waals surface area (Å²) in [5, 5.41) is 3.15. The Balaban J connectivity index is 2.40. The Morgan fingerprint density at radius 2 is 1.65 bits per heavy atom. The second kappa shape index (κ2) is 3.77. The second-order valence-electron chi connectivity index (χ2n) is 5.69. The molecule has 2 unspecified atom stereocenters. The van der Waals surface area contributed by atoms with Crippen molar-refractivity contribution in [1.82, 2.24) is 5.32 Å². The molecule has 0 bridgehead atoms. The number of benzene rings is 1. The zero-order chi connectivity index (χ0) is 12.8. The molecule has 0 heterocycles. The molecule has 1 nitrogen and oxygen atoms in total. The molecule has 0 amide bonds. The molecule has 0 radical (unpaired) electrons. The van der Waals surface area contributed by atoms with Gasteiger partial charge in [-0.3, -0.25) is 0 Å². The van der Waals surface area contributed by atoms with Gasteiger partial charge in [-0.15, -0.1) is 0 Å². The van der Waals surface area contributed by atoms with Gasteiger partial charge in [0.1, 0.15) is 11.6 Å². The topological polar surface area (TPSA) is 12.0 Å². The van der Waals surface area contributed by atoms with E-state index < -0.39 is 11.6 Å². The molecule has 1 saturated carbocycles. The van der Waals surface area contributed by atoms with Gasteiger partial charge in [-0.25, -0.2) is 8.78 Å². The lowest BCUT2D eigenvalue weighted by molar-refractivity contribution is 0.507. The Bertz CT molecular complexity index is 422. The quantitative estimate of drug-likeness (QED) is 0.854. The summed E-state index contributed by atoms with van der Waals surface area (Å²) >= 11 is 0. The molecule has 0 aromatic heterocycles. The van der Waals surface area contributed by atoms with Gasteiger partial charge < -0.3 is 5.32 Å². The number of hydrogen-bond donors (Lipinski definition) is 1. The van der Waals surface area contributed by atoms with Crippen LogP contribution in [-0.2, 0) is 5.41 Å². The predicted octanol–water partition coefficient (Wildman–Crippen LogP) is 3.10. The third kappa shape index (κ3) is 1.68. The van der Waals surface area contributed by atoms with Crippen LogP contribution in [0, 0.1) is 23.0 Å². The Hall–Kier alpha value is -0.960. The summed E-state index contributed by atoms with van der Waals surface area (Å²) in [6, 6.07) is 3.84. The molecule has 1 aromatic rings. The number of rotatable bonds is 3. The van der Waals surface area contributed by atoms with E-state index in [1.807, 2.05) is 7.05 Å². The lowest BCUT2D eigenvalue weighted by Gasteiger charge is -2.15. The number of halogens is 2. The highest BCUT2D eigenvalue weighted by Crippen LogP contribution is 2.68. The van der Waals surface area contributed by atoms with Crippen molar-refractivity contribution < 1.29 is 8.78 Å². The minimum Gasteiger partial charge on any atom is -0.319 e. The smallest absolute Gasteiger partial charge is 0.126 e. The first-order valence-electron chi connectivity index (χ1n) is 5.95. The van der Waals surface area contributed by atoms with Crippen molar-refractivity contribution in [2.75, 3.05) is 13.6 Å². The van der Waals surface area contributed by atoms with Gasteiger partial charge in [-0.05, 0) is 42.6 Å². The van der Waals surface area contributed by atoms with Gasteiger partial charge in [-0.1, -0.05) is 20.8 Å². The van der Waals surface area contributed by atoms with Crippen molar-refractivity contribution in [3.63, 3.8) is 0 Å². The Kier molecular flexibility index (Phi) is 2.77. The average Bonchev–Trinajstić information content (AvgIpc) is 2.64. The summed E-state index contributed by atoms with van der Waals surface area (Å²) in [6.45, 7) is 7.25. The standard InChI is InChI=1S/C14H19F2N/c1-13(2)12(8-17-4)14(13,3)9-5-10(15)7-11(16)6-9/h5-7,12,17H,8H2,1-4H3. The SMILES string of the molecule is CNCC1C(C)(C)C1(C)c1cc(F)cc(F)c1. The Labute approximate surface area is 101 Å². The number of hydrogen-bond acceptors (Lipinski definition) is 1. The monoisotopic (exact) mass is 239 g/mol. The summed E-state index contributed by atoms with van der Waals surface area (Å²) in [4.78, 5) is 0. The maximum Gasteiger partial charge on any atom is 0.126 e. The largest absolute Gasteiger partial charge is 0.319 e. The molecule has 0 aliphatic heterocycles. The highest BCUT2D eigenvalue weighted by atomic mass is 19.1. The molecule has 94 valence electrons. The van der Waals surface area contributed by atoms with Crippen molar-refractivity contribution in [3.8, 4) is 0 Å². The molecule has 1 aliphatic rings. The van der Waals surface area contributed by atoms with Crippen molar-refractivity contribution in [2.45, 2.75) is 26.2 Å². The van der Waals surface area contributed by atoms with E-state index in [1.54, 1.807) is 0 Å². The number of nitrogens with one attached hydrogen (secondary N) is 1. The predicted molar refractivity (Wildman–Crippen MR) is 64.9 cm³/mol. The van der Waals surface area contributed by atoms with Crippen LogP contribution in [0.25, 0.3) is 0 Å². The summed E-state index contributed by atoms with van der Waals surface area (Å²) in [6.07, 6.45) is 0. The lowest BCUT2D eigenvalue weighted by Crippen LogP contribution is -2.16. The van der Waals surface area contributed by atoms with Crippen LogP contribution < -0.4 is 5.32 Å². The first-order chi connectivity index (χ1) is 7.84. The highest BCUT2D eigenvalue weighted by molar-refractivity contribution is 5.39. The van der Waals surface area contributed by atoms with E-state index in [4.69, 9.17) is 0 Å².